The maximum atomic E-state index is 10.9. The zero-order valence-electron chi connectivity index (χ0n) is 25.8. The molecule has 0 aliphatic carbocycles. The zero-order chi connectivity index (χ0) is 30.3. The van der Waals surface area contributed by atoms with E-state index in [0.29, 0.717) is 13.2 Å². The zero-order valence-corrected chi connectivity index (χ0v) is 26.8. The van der Waals surface area contributed by atoms with Gasteiger partial charge < -0.3 is 42.7 Å². The standard InChI is InChI=1S/C32H46O9Si/c1-32(2,3)42(6,7)41-26-17-28(37-21-27(26)36-18-23-13-15-24(34-4)16-14-23)40-29-25(33)20-39-31(35-5)30(29)38-19-22-11-9-8-10-12-22/h8-17,25-27,29-31,33H,18-21H2,1-7H3/t25-,26+,27+,29+,30+,31+/m0/s1. The first-order valence-electron chi connectivity index (χ1n) is 14.4. The normalized spacial score (nSPS) is 26.7. The lowest BCUT2D eigenvalue weighted by Crippen LogP contribution is -2.56. The van der Waals surface area contributed by atoms with Crippen LogP contribution in [0, 0.1) is 0 Å². The van der Waals surface area contributed by atoms with Gasteiger partial charge in [-0.15, -0.1) is 0 Å². The highest BCUT2D eigenvalue weighted by Crippen LogP contribution is 2.39. The van der Waals surface area contributed by atoms with Crippen molar-refractivity contribution < 1.29 is 42.7 Å². The van der Waals surface area contributed by atoms with Crippen molar-refractivity contribution in [2.45, 2.75) is 88.9 Å². The average Bonchev–Trinajstić information content (AvgIpc) is 2.97. The minimum atomic E-state index is -2.20. The average molecular weight is 603 g/mol. The van der Waals surface area contributed by atoms with E-state index < -0.39 is 39.0 Å². The molecule has 232 valence electrons. The minimum Gasteiger partial charge on any atom is -0.497 e. The topological polar surface area (TPSA) is 94.1 Å². The Hall–Kier alpha value is -2.44. The van der Waals surface area contributed by atoms with Gasteiger partial charge in [-0.05, 0) is 41.4 Å². The molecule has 2 aliphatic heterocycles. The molecule has 0 saturated carbocycles. The van der Waals surface area contributed by atoms with Gasteiger partial charge in [0.1, 0.15) is 36.8 Å². The van der Waals surface area contributed by atoms with Crippen LogP contribution in [0.25, 0.3) is 0 Å². The van der Waals surface area contributed by atoms with Gasteiger partial charge in [-0.3, -0.25) is 0 Å². The molecule has 2 aromatic rings. The maximum absolute atomic E-state index is 10.9. The third kappa shape index (κ3) is 8.34. The Kier molecular flexibility index (Phi) is 11.1. The number of ether oxygens (including phenoxy) is 7. The van der Waals surface area contributed by atoms with Crippen LogP contribution in [0.2, 0.25) is 18.1 Å². The smallest absolute Gasteiger partial charge is 0.278 e. The summed E-state index contributed by atoms with van der Waals surface area (Å²) in [6, 6.07) is 17.6. The second-order valence-corrected chi connectivity index (χ2v) is 16.9. The van der Waals surface area contributed by atoms with Crippen molar-refractivity contribution >= 4 is 8.32 Å². The summed E-state index contributed by atoms with van der Waals surface area (Å²) in [5.41, 5.74) is 2.00. The predicted molar refractivity (Wildman–Crippen MR) is 160 cm³/mol. The van der Waals surface area contributed by atoms with E-state index in [4.69, 9.17) is 37.6 Å². The van der Waals surface area contributed by atoms with Crippen molar-refractivity contribution in [1.29, 1.82) is 0 Å². The first kappa shape index (κ1) is 32.5. The number of rotatable bonds is 12. The molecule has 0 spiro atoms. The van der Waals surface area contributed by atoms with E-state index in [1.54, 1.807) is 14.2 Å². The van der Waals surface area contributed by atoms with Gasteiger partial charge in [0.05, 0.1) is 26.9 Å². The third-order valence-electron chi connectivity index (χ3n) is 8.09. The van der Waals surface area contributed by atoms with Crippen molar-refractivity contribution in [3.05, 3.63) is 77.7 Å². The van der Waals surface area contributed by atoms with E-state index in [0.717, 1.165) is 16.9 Å². The summed E-state index contributed by atoms with van der Waals surface area (Å²) in [5, 5.41) is 10.9. The summed E-state index contributed by atoms with van der Waals surface area (Å²) in [4.78, 5) is 0. The molecule has 2 aliphatic rings. The molecule has 4 rings (SSSR count). The molecule has 1 fully saturated rings. The van der Waals surface area contributed by atoms with Crippen molar-refractivity contribution in [2.75, 3.05) is 27.4 Å². The fourth-order valence-corrected chi connectivity index (χ4v) is 5.75. The summed E-state index contributed by atoms with van der Waals surface area (Å²) < 4.78 is 48.2. The molecule has 0 bridgehead atoms. The number of aliphatic hydroxyl groups is 1. The summed E-state index contributed by atoms with van der Waals surface area (Å²) in [7, 11) is 0.992. The SMILES string of the molecule is COc1ccc(CO[C@@H]2COC(O[C@H]3[C@@H](OCc4ccccc4)[C@H](OC)OC[C@@H]3O)=C[C@H]2O[Si](C)(C)C(C)(C)C)cc1. The lowest BCUT2D eigenvalue weighted by atomic mass is 10.0. The van der Waals surface area contributed by atoms with E-state index in [2.05, 4.69) is 33.9 Å². The van der Waals surface area contributed by atoms with Crippen molar-refractivity contribution in [2.24, 2.45) is 0 Å². The monoisotopic (exact) mass is 602 g/mol. The Balaban J connectivity index is 1.52. The van der Waals surface area contributed by atoms with Gasteiger partial charge in [0.25, 0.3) is 5.95 Å². The van der Waals surface area contributed by atoms with E-state index in [1.165, 1.54) is 0 Å². The van der Waals surface area contributed by atoms with Crippen LogP contribution in [0.4, 0.5) is 0 Å². The molecule has 2 heterocycles. The van der Waals surface area contributed by atoms with Crippen LogP contribution >= 0.6 is 0 Å². The van der Waals surface area contributed by atoms with Crippen LogP contribution in [-0.2, 0) is 46.1 Å². The van der Waals surface area contributed by atoms with Gasteiger partial charge >= 0.3 is 0 Å². The molecule has 6 atom stereocenters. The molecule has 42 heavy (non-hydrogen) atoms. The van der Waals surface area contributed by atoms with Crippen LogP contribution in [0.15, 0.2) is 66.6 Å². The largest absolute Gasteiger partial charge is 0.497 e. The summed E-state index contributed by atoms with van der Waals surface area (Å²) in [5.74, 6) is 1.05. The van der Waals surface area contributed by atoms with Crippen molar-refractivity contribution in [3.8, 4) is 5.75 Å². The van der Waals surface area contributed by atoms with Gasteiger partial charge in [-0.25, -0.2) is 0 Å². The summed E-state index contributed by atoms with van der Waals surface area (Å²) in [6.07, 6.45) is -2.11. The number of benzene rings is 2. The van der Waals surface area contributed by atoms with Crippen LogP contribution in [0.1, 0.15) is 31.9 Å². The summed E-state index contributed by atoms with van der Waals surface area (Å²) >= 11 is 0. The van der Waals surface area contributed by atoms with Crippen LogP contribution in [0.5, 0.6) is 5.75 Å². The lowest BCUT2D eigenvalue weighted by Gasteiger charge is -2.43. The van der Waals surface area contributed by atoms with Gasteiger partial charge in [-0.1, -0.05) is 63.2 Å². The van der Waals surface area contributed by atoms with E-state index >= 15 is 0 Å². The highest BCUT2D eigenvalue weighted by Gasteiger charge is 2.45. The first-order valence-corrected chi connectivity index (χ1v) is 17.3. The quantitative estimate of drug-likeness (QED) is 0.330. The van der Waals surface area contributed by atoms with Gasteiger partial charge in [0, 0.05) is 13.2 Å². The Morgan fingerprint density at radius 3 is 2.19 bits per heavy atom. The third-order valence-corrected chi connectivity index (χ3v) is 12.6. The minimum absolute atomic E-state index is 0.0142. The van der Waals surface area contributed by atoms with E-state index in [-0.39, 0.29) is 30.3 Å². The van der Waals surface area contributed by atoms with E-state index in [1.807, 2.05) is 60.7 Å². The molecule has 0 radical (unpaired) electrons. The Labute approximate surface area is 250 Å². The van der Waals surface area contributed by atoms with Gasteiger partial charge in [0.2, 0.25) is 0 Å². The molecular weight excluding hydrogens is 556 g/mol. The molecule has 1 saturated heterocycles. The molecule has 1 N–H and O–H groups in total. The molecule has 0 unspecified atom stereocenters. The van der Waals surface area contributed by atoms with Gasteiger partial charge in [0.15, 0.2) is 20.7 Å². The fraction of sp³-hybridized carbons (Fsp3) is 0.562. The number of aliphatic hydroxyl groups excluding tert-OH is 1. The van der Waals surface area contributed by atoms with Crippen LogP contribution in [0.3, 0.4) is 0 Å². The van der Waals surface area contributed by atoms with Gasteiger partial charge in [-0.2, -0.15) is 0 Å². The van der Waals surface area contributed by atoms with Crippen LogP contribution in [-0.4, -0.2) is 77.7 Å². The Morgan fingerprint density at radius 2 is 1.55 bits per heavy atom. The molecule has 2 aromatic carbocycles. The van der Waals surface area contributed by atoms with Crippen molar-refractivity contribution in [3.63, 3.8) is 0 Å². The number of hydrogen-bond acceptors (Lipinski definition) is 9. The molecule has 10 heteroatoms. The lowest BCUT2D eigenvalue weighted by molar-refractivity contribution is -0.285. The highest BCUT2D eigenvalue weighted by atomic mass is 28.4. The molecule has 0 aromatic heterocycles. The second kappa shape index (κ2) is 14.4. The highest BCUT2D eigenvalue weighted by molar-refractivity contribution is 6.74. The molecular formula is C32H46O9Si. The fourth-order valence-electron chi connectivity index (χ4n) is 4.50. The Bertz CT molecular complexity index is 1130. The number of hydrogen-bond donors (Lipinski definition) is 1. The molecule has 0 amide bonds. The maximum Gasteiger partial charge on any atom is 0.278 e. The second-order valence-electron chi connectivity index (χ2n) is 12.2. The number of methoxy groups -OCH3 is 2. The first-order chi connectivity index (χ1) is 20.0. The Morgan fingerprint density at radius 1 is 0.881 bits per heavy atom. The molecule has 9 nitrogen and oxygen atoms in total. The predicted octanol–water partition coefficient (Wildman–Crippen LogP) is 5.18. The van der Waals surface area contributed by atoms with E-state index in [9.17, 15) is 5.11 Å². The van der Waals surface area contributed by atoms with Crippen molar-refractivity contribution in [1.82, 2.24) is 0 Å². The van der Waals surface area contributed by atoms with Crippen LogP contribution < -0.4 is 4.74 Å². The summed E-state index contributed by atoms with van der Waals surface area (Å²) in [6.45, 7) is 12.0.